The minimum absolute atomic E-state index is 0.0461. The number of hydrogen-bond acceptors (Lipinski definition) is 3. The zero-order chi connectivity index (χ0) is 15.9. The van der Waals surface area contributed by atoms with Crippen molar-refractivity contribution in [1.82, 2.24) is 5.32 Å². The Morgan fingerprint density at radius 1 is 1.14 bits per heavy atom. The van der Waals surface area contributed by atoms with Gasteiger partial charge in [0.2, 0.25) is 0 Å². The lowest BCUT2D eigenvalue weighted by Gasteiger charge is -2.08. The predicted octanol–water partition coefficient (Wildman–Crippen LogP) is 3.83. The van der Waals surface area contributed by atoms with Gasteiger partial charge in [-0.3, -0.25) is 4.79 Å². The van der Waals surface area contributed by atoms with Crippen LogP contribution in [-0.2, 0) is 0 Å². The van der Waals surface area contributed by atoms with Crippen LogP contribution in [-0.4, -0.2) is 25.3 Å². The summed E-state index contributed by atoms with van der Waals surface area (Å²) in [4.78, 5) is 13.3. The molecule has 0 aliphatic carbocycles. The minimum Gasteiger partial charge on any atom is -0.496 e. The molecule has 2 aromatic carbocycles. The van der Waals surface area contributed by atoms with E-state index in [2.05, 4.69) is 36.5 Å². The van der Waals surface area contributed by atoms with E-state index in [1.165, 1.54) is 10.5 Å². The number of carbonyl (C=O) groups is 1. The maximum atomic E-state index is 12.1. The van der Waals surface area contributed by atoms with E-state index in [1.807, 2.05) is 19.1 Å². The lowest BCUT2D eigenvalue weighted by Crippen LogP contribution is -2.25. The molecule has 0 unspecified atom stereocenters. The number of carbonyl (C=O) groups excluding carboxylic acids is 1. The fourth-order valence-electron chi connectivity index (χ4n) is 2.09. The van der Waals surface area contributed by atoms with Crippen molar-refractivity contribution < 1.29 is 9.53 Å². The van der Waals surface area contributed by atoms with Crippen molar-refractivity contribution in [1.29, 1.82) is 0 Å². The van der Waals surface area contributed by atoms with E-state index >= 15 is 0 Å². The maximum Gasteiger partial charge on any atom is 0.251 e. The minimum atomic E-state index is -0.0461. The molecule has 1 N–H and O–H groups in total. The lowest BCUT2D eigenvalue weighted by atomic mass is 10.1. The monoisotopic (exact) mass is 315 g/mol. The summed E-state index contributed by atoms with van der Waals surface area (Å²) in [5, 5.41) is 2.94. The van der Waals surface area contributed by atoms with Crippen molar-refractivity contribution in [2.45, 2.75) is 18.7 Å². The number of methoxy groups -OCH3 is 1. The first-order valence-corrected chi connectivity index (χ1v) is 8.21. The largest absolute Gasteiger partial charge is 0.496 e. The fraction of sp³-hybridized carbons (Fsp3) is 0.278. The Morgan fingerprint density at radius 2 is 1.86 bits per heavy atom. The average molecular weight is 315 g/mol. The summed E-state index contributed by atoms with van der Waals surface area (Å²) in [5.41, 5.74) is 2.88. The SMILES string of the molecule is COc1ccc(C(=O)NCCSc2ccc(C)cc2)cc1C. The molecule has 0 saturated heterocycles. The van der Waals surface area contributed by atoms with Gasteiger partial charge in [-0.25, -0.2) is 0 Å². The standard InChI is InChI=1S/C18H21NO2S/c1-13-4-7-16(8-5-13)22-11-10-19-18(20)15-6-9-17(21-3)14(2)12-15/h4-9,12H,10-11H2,1-3H3,(H,19,20). The second-order valence-corrected chi connectivity index (χ2v) is 6.27. The summed E-state index contributed by atoms with van der Waals surface area (Å²) < 4.78 is 5.20. The summed E-state index contributed by atoms with van der Waals surface area (Å²) >= 11 is 1.74. The van der Waals surface area contributed by atoms with E-state index in [0.29, 0.717) is 12.1 Å². The van der Waals surface area contributed by atoms with E-state index in [9.17, 15) is 4.79 Å². The van der Waals surface area contributed by atoms with Gasteiger partial charge in [-0.05, 0) is 49.7 Å². The molecule has 0 bridgehead atoms. The number of benzene rings is 2. The van der Waals surface area contributed by atoms with Crippen molar-refractivity contribution in [3.05, 3.63) is 59.2 Å². The predicted molar refractivity (Wildman–Crippen MR) is 92.0 cm³/mol. The molecule has 0 spiro atoms. The van der Waals surface area contributed by atoms with Crippen molar-refractivity contribution in [3.63, 3.8) is 0 Å². The van der Waals surface area contributed by atoms with E-state index in [1.54, 1.807) is 24.9 Å². The molecular formula is C18H21NO2S. The second-order valence-electron chi connectivity index (χ2n) is 5.10. The first-order chi connectivity index (χ1) is 10.6. The lowest BCUT2D eigenvalue weighted by molar-refractivity contribution is 0.0956. The highest BCUT2D eigenvalue weighted by Gasteiger charge is 2.07. The second kappa shape index (κ2) is 7.90. The Hall–Kier alpha value is -1.94. The number of nitrogens with one attached hydrogen (secondary N) is 1. The van der Waals surface area contributed by atoms with Crippen LogP contribution in [0.2, 0.25) is 0 Å². The van der Waals surface area contributed by atoms with Gasteiger partial charge in [-0.1, -0.05) is 17.7 Å². The van der Waals surface area contributed by atoms with Crippen LogP contribution in [0, 0.1) is 13.8 Å². The topological polar surface area (TPSA) is 38.3 Å². The molecule has 2 rings (SSSR count). The Kier molecular flexibility index (Phi) is 5.90. The third-order valence-electron chi connectivity index (χ3n) is 3.33. The van der Waals surface area contributed by atoms with Crippen molar-refractivity contribution >= 4 is 17.7 Å². The molecule has 0 radical (unpaired) electrons. The molecular weight excluding hydrogens is 294 g/mol. The van der Waals surface area contributed by atoms with Gasteiger partial charge in [-0.2, -0.15) is 0 Å². The van der Waals surface area contributed by atoms with Crippen LogP contribution < -0.4 is 10.1 Å². The van der Waals surface area contributed by atoms with Crippen LogP contribution in [0.1, 0.15) is 21.5 Å². The van der Waals surface area contributed by atoms with Gasteiger partial charge in [0, 0.05) is 22.8 Å². The van der Waals surface area contributed by atoms with Gasteiger partial charge < -0.3 is 10.1 Å². The molecule has 2 aromatic rings. The molecule has 0 aliphatic heterocycles. The fourth-order valence-corrected chi connectivity index (χ4v) is 2.86. The Balaban J connectivity index is 1.80. The molecule has 116 valence electrons. The van der Waals surface area contributed by atoms with Gasteiger partial charge in [0.05, 0.1) is 7.11 Å². The van der Waals surface area contributed by atoms with Crippen LogP contribution >= 0.6 is 11.8 Å². The highest BCUT2D eigenvalue weighted by molar-refractivity contribution is 7.99. The average Bonchev–Trinajstić information content (AvgIpc) is 2.53. The summed E-state index contributed by atoms with van der Waals surface area (Å²) in [7, 11) is 1.63. The van der Waals surface area contributed by atoms with E-state index in [0.717, 1.165) is 17.1 Å². The summed E-state index contributed by atoms with van der Waals surface area (Å²) in [6.45, 7) is 4.65. The number of aryl methyl sites for hydroxylation is 2. The molecule has 4 heteroatoms. The molecule has 0 aliphatic rings. The highest BCUT2D eigenvalue weighted by Crippen LogP contribution is 2.19. The molecule has 0 saturated carbocycles. The Morgan fingerprint density at radius 3 is 2.50 bits per heavy atom. The molecule has 0 atom stereocenters. The third kappa shape index (κ3) is 4.53. The van der Waals surface area contributed by atoms with Crippen LogP contribution in [0.25, 0.3) is 0 Å². The first-order valence-electron chi connectivity index (χ1n) is 7.22. The Labute approximate surface area is 136 Å². The number of amides is 1. The summed E-state index contributed by atoms with van der Waals surface area (Å²) in [6.07, 6.45) is 0. The number of hydrogen-bond donors (Lipinski definition) is 1. The maximum absolute atomic E-state index is 12.1. The molecule has 0 heterocycles. The smallest absolute Gasteiger partial charge is 0.251 e. The van der Waals surface area contributed by atoms with Gasteiger partial charge in [0.1, 0.15) is 5.75 Å². The normalized spacial score (nSPS) is 10.3. The van der Waals surface area contributed by atoms with Crippen LogP contribution in [0.4, 0.5) is 0 Å². The summed E-state index contributed by atoms with van der Waals surface area (Å²) in [6, 6.07) is 13.9. The molecule has 3 nitrogen and oxygen atoms in total. The van der Waals surface area contributed by atoms with Crippen LogP contribution in [0.3, 0.4) is 0 Å². The van der Waals surface area contributed by atoms with Crippen molar-refractivity contribution in [2.75, 3.05) is 19.4 Å². The molecule has 0 fully saturated rings. The molecule has 1 amide bonds. The van der Waals surface area contributed by atoms with Crippen molar-refractivity contribution in [3.8, 4) is 5.75 Å². The zero-order valence-corrected chi connectivity index (χ0v) is 14.0. The van der Waals surface area contributed by atoms with Crippen molar-refractivity contribution in [2.24, 2.45) is 0 Å². The van der Waals surface area contributed by atoms with E-state index in [-0.39, 0.29) is 5.91 Å². The van der Waals surface area contributed by atoms with Crippen LogP contribution in [0.15, 0.2) is 47.4 Å². The quantitative estimate of drug-likeness (QED) is 0.650. The molecule has 0 aromatic heterocycles. The number of rotatable bonds is 6. The zero-order valence-electron chi connectivity index (χ0n) is 13.2. The van der Waals surface area contributed by atoms with E-state index < -0.39 is 0 Å². The van der Waals surface area contributed by atoms with E-state index in [4.69, 9.17) is 4.74 Å². The van der Waals surface area contributed by atoms with Gasteiger partial charge in [0.15, 0.2) is 0 Å². The first kappa shape index (κ1) is 16.4. The Bertz CT molecular complexity index is 638. The van der Waals surface area contributed by atoms with Gasteiger partial charge in [-0.15, -0.1) is 11.8 Å². The van der Waals surface area contributed by atoms with Crippen LogP contribution in [0.5, 0.6) is 5.75 Å². The number of ether oxygens (including phenoxy) is 1. The molecule has 22 heavy (non-hydrogen) atoms. The highest BCUT2D eigenvalue weighted by atomic mass is 32.2. The van der Waals surface area contributed by atoms with Gasteiger partial charge >= 0.3 is 0 Å². The van der Waals surface area contributed by atoms with Gasteiger partial charge in [0.25, 0.3) is 5.91 Å². The summed E-state index contributed by atoms with van der Waals surface area (Å²) in [5.74, 6) is 1.60. The third-order valence-corrected chi connectivity index (χ3v) is 4.35. The number of thioether (sulfide) groups is 1.